The Hall–Kier alpha value is -1.66. The smallest absolute Gasteiger partial charge is 0.148 e. The lowest BCUT2D eigenvalue weighted by Gasteiger charge is -2.17. The Balaban J connectivity index is 2.24. The van der Waals surface area contributed by atoms with Crippen molar-refractivity contribution < 1.29 is 0 Å². The van der Waals surface area contributed by atoms with E-state index >= 15 is 0 Å². The summed E-state index contributed by atoms with van der Waals surface area (Å²) in [5, 5.41) is 7.65. The molecule has 0 aromatic carbocycles. The number of nitrogen functional groups attached to an aromatic ring is 1. The van der Waals surface area contributed by atoms with E-state index in [-0.39, 0.29) is 6.04 Å². The third-order valence-electron chi connectivity index (χ3n) is 2.98. The monoisotopic (exact) mass is 277 g/mol. The minimum atomic E-state index is 0.211. The predicted octanol–water partition coefficient (Wildman–Crippen LogP) is 2.95. The summed E-state index contributed by atoms with van der Waals surface area (Å²) in [7, 11) is 0. The maximum atomic E-state index is 5.51. The van der Waals surface area contributed by atoms with Gasteiger partial charge in [-0.2, -0.15) is 11.3 Å². The fourth-order valence-electron chi connectivity index (χ4n) is 1.96. The molecular weight excluding hydrogens is 258 g/mol. The first-order valence-corrected chi connectivity index (χ1v) is 7.29. The van der Waals surface area contributed by atoms with Gasteiger partial charge in [0.25, 0.3) is 0 Å². The van der Waals surface area contributed by atoms with Crippen LogP contribution in [0.3, 0.4) is 0 Å². The van der Waals surface area contributed by atoms with Crippen LogP contribution < -0.4 is 16.6 Å². The molecule has 2 aromatic rings. The zero-order chi connectivity index (χ0) is 13.7. The highest BCUT2D eigenvalue weighted by atomic mass is 32.1. The van der Waals surface area contributed by atoms with Crippen LogP contribution in [0.5, 0.6) is 0 Å². The number of hydrogen-bond donors (Lipinski definition) is 3. The van der Waals surface area contributed by atoms with Gasteiger partial charge in [-0.3, -0.25) is 0 Å². The van der Waals surface area contributed by atoms with Gasteiger partial charge in [0, 0.05) is 5.56 Å². The average molecular weight is 277 g/mol. The second kappa shape index (κ2) is 6.49. The third kappa shape index (κ3) is 3.21. The fourth-order valence-corrected chi connectivity index (χ4v) is 2.71. The van der Waals surface area contributed by atoms with Crippen LogP contribution in [-0.4, -0.2) is 9.97 Å². The number of rotatable bonds is 6. The van der Waals surface area contributed by atoms with Crippen LogP contribution in [0.15, 0.2) is 23.2 Å². The Morgan fingerprint density at radius 2 is 2.16 bits per heavy atom. The Kier molecular flexibility index (Phi) is 4.70. The van der Waals surface area contributed by atoms with Crippen LogP contribution in [-0.2, 0) is 6.42 Å². The molecule has 2 heterocycles. The second-order valence-electron chi connectivity index (χ2n) is 4.37. The minimum absolute atomic E-state index is 0.211. The Morgan fingerprint density at radius 1 is 1.37 bits per heavy atom. The lowest BCUT2D eigenvalue weighted by molar-refractivity contribution is 0.850. The van der Waals surface area contributed by atoms with E-state index < -0.39 is 0 Å². The lowest BCUT2D eigenvalue weighted by atomic mass is 10.1. The molecule has 2 rings (SSSR count). The van der Waals surface area contributed by atoms with Gasteiger partial charge in [-0.25, -0.2) is 15.8 Å². The average Bonchev–Trinajstić information content (AvgIpc) is 2.95. The van der Waals surface area contributed by atoms with Crippen LogP contribution in [0, 0.1) is 0 Å². The normalized spacial score (nSPS) is 12.2. The van der Waals surface area contributed by atoms with Crippen LogP contribution >= 0.6 is 11.3 Å². The molecule has 0 fully saturated rings. The zero-order valence-corrected chi connectivity index (χ0v) is 12.0. The van der Waals surface area contributed by atoms with E-state index in [1.54, 1.807) is 11.3 Å². The molecule has 0 amide bonds. The molecule has 0 saturated carbocycles. The zero-order valence-electron chi connectivity index (χ0n) is 11.2. The third-order valence-corrected chi connectivity index (χ3v) is 3.68. The van der Waals surface area contributed by atoms with Crippen molar-refractivity contribution in [3.63, 3.8) is 0 Å². The number of nitrogens with one attached hydrogen (secondary N) is 2. The Bertz CT molecular complexity index is 512. The molecule has 2 aromatic heterocycles. The summed E-state index contributed by atoms with van der Waals surface area (Å²) in [4.78, 5) is 8.50. The first-order chi connectivity index (χ1) is 9.26. The molecular formula is C13H19N5S. The van der Waals surface area contributed by atoms with Crippen molar-refractivity contribution in [2.45, 2.75) is 32.7 Å². The summed E-state index contributed by atoms with van der Waals surface area (Å²) in [5.41, 5.74) is 4.93. The summed E-state index contributed by atoms with van der Waals surface area (Å²) in [5.74, 6) is 7.05. The van der Waals surface area contributed by atoms with Gasteiger partial charge < -0.3 is 10.7 Å². The second-order valence-corrected chi connectivity index (χ2v) is 5.15. The van der Waals surface area contributed by atoms with Crippen molar-refractivity contribution in [1.29, 1.82) is 0 Å². The molecule has 1 unspecified atom stereocenters. The predicted molar refractivity (Wildman–Crippen MR) is 80.2 cm³/mol. The molecule has 0 saturated heterocycles. The summed E-state index contributed by atoms with van der Waals surface area (Å²) in [6.45, 7) is 4.24. The summed E-state index contributed by atoms with van der Waals surface area (Å²) in [6.07, 6.45) is 3.43. The highest BCUT2D eigenvalue weighted by Gasteiger charge is 2.13. The van der Waals surface area contributed by atoms with E-state index in [1.165, 1.54) is 11.9 Å². The first kappa shape index (κ1) is 13.8. The van der Waals surface area contributed by atoms with Crippen molar-refractivity contribution in [3.8, 4) is 0 Å². The topological polar surface area (TPSA) is 75.9 Å². The standard InChI is InChI=1S/C13H19N5S/c1-3-4-11-12(15-8-16-13(11)18-14)17-9(2)10-5-6-19-7-10/h5-9H,3-4,14H2,1-2H3,(H2,15,16,17,18). The minimum Gasteiger partial charge on any atom is -0.363 e. The molecule has 6 heteroatoms. The number of nitrogens with two attached hydrogens (primary N) is 1. The van der Waals surface area contributed by atoms with Gasteiger partial charge in [0.2, 0.25) is 0 Å². The van der Waals surface area contributed by atoms with Crippen molar-refractivity contribution in [3.05, 3.63) is 34.3 Å². The molecule has 0 radical (unpaired) electrons. The largest absolute Gasteiger partial charge is 0.363 e. The lowest BCUT2D eigenvalue weighted by Crippen LogP contribution is -2.15. The molecule has 5 nitrogen and oxygen atoms in total. The number of anilines is 2. The van der Waals surface area contributed by atoms with Gasteiger partial charge >= 0.3 is 0 Å². The number of aromatic nitrogens is 2. The molecule has 0 aliphatic rings. The molecule has 0 aliphatic carbocycles. The Labute approximate surface area is 117 Å². The van der Waals surface area contributed by atoms with Gasteiger partial charge in [-0.05, 0) is 35.7 Å². The highest BCUT2D eigenvalue weighted by Crippen LogP contribution is 2.25. The van der Waals surface area contributed by atoms with Crippen LogP contribution in [0.1, 0.15) is 37.4 Å². The van der Waals surface area contributed by atoms with Gasteiger partial charge in [0.1, 0.15) is 18.0 Å². The molecule has 0 bridgehead atoms. The quantitative estimate of drug-likeness (QED) is 0.559. The number of hydrazine groups is 1. The van der Waals surface area contributed by atoms with Gasteiger partial charge in [-0.15, -0.1) is 0 Å². The summed E-state index contributed by atoms with van der Waals surface area (Å²) < 4.78 is 0. The number of nitrogens with zero attached hydrogens (tertiary/aromatic N) is 2. The van der Waals surface area contributed by atoms with Crippen molar-refractivity contribution >= 4 is 23.0 Å². The van der Waals surface area contributed by atoms with E-state index in [1.807, 2.05) is 0 Å². The van der Waals surface area contributed by atoms with E-state index in [2.05, 4.69) is 51.4 Å². The van der Waals surface area contributed by atoms with Gasteiger partial charge in [-0.1, -0.05) is 13.3 Å². The van der Waals surface area contributed by atoms with E-state index in [0.717, 1.165) is 24.2 Å². The molecule has 0 aliphatic heterocycles. The summed E-state index contributed by atoms with van der Waals surface area (Å²) in [6, 6.07) is 2.33. The maximum absolute atomic E-state index is 5.51. The van der Waals surface area contributed by atoms with Crippen molar-refractivity contribution in [2.75, 3.05) is 10.7 Å². The van der Waals surface area contributed by atoms with Gasteiger partial charge in [0.15, 0.2) is 0 Å². The van der Waals surface area contributed by atoms with Crippen molar-refractivity contribution in [2.24, 2.45) is 5.84 Å². The van der Waals surface area contributed by atoms with Crippen LogP contribution in [0.25, 0.3) is 0 Å². The van der Waals surface area contributed by atoms with E-state index in [0.29, 0.717) is 5.82 Å². The van der Waals surface area contributed by atoms with Gasteiger partial charge in [0.05, 0.1) is 6.04 Å². The van der Waals surface area contributed by atoms with Crippen LogP contribution in [0.2, 0.25) is 0 Å². The molecule has 1 atom stereocenters. The highest BCUT2D eigenvalue weighted by molar-refractivity contribution is 7.07. The molecule has 0 spiro atoms. The molecule has 4 N–H and O–H groups in total. The fraction of sp³-hybridized carbons (Fsp3) is 0.385. The SMILES string of the molecule is CCCc1c(NN)ncnc1NC(C)c1ccsc1. The molecule has 19 heavy (non-hydrogen) atoms. The summed E-state index contributed by atoms with van der Waals surface area (Å²) >= 11 is 1.70. The molecule has 102 valence electrons. The Morgan fingerprint density at radius 3 is 2.79 bits per heavy atom. The van der Waals surface area contributed by atoms with Crippen molar-refractivity contribution in [1.82, 2.24) is 9.97 Å². The van der Waals surface area contributed by atoms with Crippen LogP contribution in [0.4, 0.5) is 11.6 Å². The first-order valence-electron chi connectivity index (χ1n) is 6.35. The van der Waals surface area contributed by atoms with E-state index in [4.69, 9.17) is 5.84 Å². The maximum Gasteiger partial charge on any atom is 0.148 e. The number of thiophene rings is 1. The number of hydrogen-bond acceptors (Lipinski definition) is 6. The van der Waals surface area contributed by atoms with E-state index in [9.17, 15) is 0 Å².